The fraction of sp³-hybridized carbons (Fsp3) is 0.609. The van der Waals surface area contributed by atoms with Crippen LogP contribution >= 0.6 is 57.1 Å². The summed E-state index contributed by atoms with van der Waals surface area (Å²) in [7, 11) is 0. The Morgan fingerprint density at radius 2 is 0.943 bits per heavy atom. The average molecular weight is 1070 g/mol. The highest BCUT2D eigenvalue weighted by molar-refractivity contribution is 7.10. The lowest BCUT2D eigenvalue weighted by atomic mass is 9.93. The molecule has 7 aromatic rings. The molecular formula is C46H74N10O9S5. The van der Waals surface area contributed by atoms with Crippen LogP contribution in [0.5, 0.6) is 5.88 Å². The molecule has 7 rings (SSSR count). The van der Waals surface area contributed by atoms with Gasteiger partial charge in [-0.05, 0) is 11.5 Å². The maximum atomic E-state index is 10.7. The summed E-state index contributed by atoms with van der Waals surface area (Å²) in [5, 5.41) is 19.7. The van der Waals surface area contributed by atoms with Crippen molar-refractivity contribution in [3.8, 4) is 5.88 Å². The molecule has 0 bridgehead atoms. The lowest BCUT2D eigenvalue weighted by Crippen LogP contribution is -2.14. The van der Waals surface area contributed by atoms with Gasteiger partial charge >= 0.3 is 31.8 Å². The lowest BCUT2D eigenvalue weighted by molar-refractivity contribution is 0.369. The normalized spacial score (nSPS) is 11.9. The van der Waals surface area contributed by atoms with Gasteiger partial charge < -0.3 is 19.5 Å². The van der Waals surface area contributed by atoms with Crippen molar-refractivity contribution in [1.29, 1.82) is 0 Å². The zero-order valence-corrected chi connectivity index (χ0v) is 48.4. The van der Waals surface area contributed by atoms with Gasteiger partial charge in [0.2, 0.25) is 5.88 Å². The zero-order valence-electron chi connectivity index (χ0n) is 44.4. The van der Waals surface area contributed by atoms with Gasteiger partial charge in [-0.1, -0.05) is 173 Å². The van der Waals surface area contributed by atoms with Crippen molar-refractivity contribution in [1.82, 2.24) is 48.8 Å². The number of rotatable bonds is 0. The van der Waals surface area contributed by atoms with Crippen LogP contribution < -0.4 is 31.8 Å². The molecule has 7 aromatic heterocycles. The van der Waals surface area contributed by atoms with Gasteiger partial charge in [-0.25, -0.2) is 19.4 Å². The second kappa shape index (κ2) is 25.4. The van der Waals surface area contributed by atoms with Crippen molar-refractivity contribution in [2.45, 2.75) is 183 Å². The number of H-pyrrole nitrogens is 6. The van der Waals surface area contributed by atoms with E-state index in [2.05, 4.69) is 120 Å². The van der Waals surface area contributed by atoms with E-state index in [-0.39, 0.29) is 69.8 Å². The Balaban J connectivity index is 0.000000408. The van der Waals surface area contributed by atoms with Crippen molar-refractivity contribution in [3.63, 3.8) is 0 Å². The number of oxazole rings is 1. The number of thiazole rings is 3. The summed E-state index contributed by atoms with van der Waals surface area (Å²) in [6.45, 7) is 42.6. The summed E-state index contributed by atoms with van der Waals surface area (Å²) in [4.78, 5) is 84.6. The predicted molar refractivity (Wildman–Crippen MR) is 286 cm³/mol. The summed E-state index contributed by atoms with van der Waals surface area (Å²) < 4.78 is 15.4. The van der Waals surface area contributed by atoms with Gasteiger partial charge in [-0.15, -0.1) is 11.3 Å². The van der Waals surface area contributed by atoms with E-state index in [4.69, 9.17) is 5.11 Å². The molecule has 0 fully saturated rings. The number of nitrogens with zero attached hydrogens (tertiary/aromatic N) is 4. The fourth-order valence-electron chi connectivity index (χ4n) is 4.20. The number of hydrogen-bond donors (Lipinski definition) is 7. The molecule has 7 heterocycles. The number of nitrogens with one attached hydrogen (secondary N) is 6. The highest BCUT2D eigenvalue weighted by Gasteiger charge is 2.21. The van der Waals surface area contributed by atoms with Crippen molar-refractivity contribution in [2.24, 2.45) is 0 Å². The SMILES string of the molecule is CC(C)(C)c1coc(=O)[nH]1.CC(C)(C)c1csc(=O)[nH]1.CC(C)(C)c1csc(=O)[nH]1.CC(C)(C)c1nc(=O)[nH]s1.CC(C)(C)c1nc(O)cs1.CC(C)(C)c1noc(=O)[nH]1.CC(C)(C)c1nsc(=O)[nH]1. The molecule has 0 saturated carbocycles. The second-order valence-electron chi connectivity index (χ2n) is 22.8. The zero-order chi connectivity index (χ0) is 54.4. The second-order valence-corrected chi connectivity index (χ2v) is 26.8. The lowest BCUT2D eigenvalue weighted by Gasteiger charge is -2.14. The molecule has 70 heavy (non-hydrogen) atoms. The smallest absolute Gasteiger partial charge is 0.438 e. The first-order chi connectivity index (χ1) is 31.5. The standard InChI is InChI=1S/C7H11NO2.3C7H11NOS.C6H10N2O2.2C6H10N2OS/c1-7(2,3)5-4-10-6(9)8-5;1-7(2,3)6-8-5(9)4-10-6;2*1-7(2,3)5-4-10-6(9)8-5;1-6(2,3)4-7-5(9)10-8-4;1-6(2,3)4-7-5(9)8-10-4;1-6(2,3)4-7-5(9)10-8-4/h4H,1-3H3,(H,8,9);4,9H,1-3H3;2*4H,1-3H3,(H,8,9);1-3H3,(H,7,8,9);1-3H3,(H,8,9);1-3H3,(H,7,8,9). The molecule has 0 spiro atoms. The van der Waals surface area contributed by atoms with Gasteiger partial charge in [0.05, 0.1) is 11.1 Å². The first-order valence-electron chi connectivity index (χ1n) is 21.9. The minimum atomic E-state index is -0.495. The number of aromatic nitrogens is 10. The Kier molecular flexibility index (Phi) is 22.8. The maximum absolute atomic E-state index is 10.7. The van der Waals surface area contributed by atoms with Gasteiger partial charge in [-0.2, -0.15) is 9.36 Å². The van der Waals surface area contributed by atoms with Crippen molar-refractivity contribution in [3.05, 3.63) is 122 Å². The average Bonchev–Trinajstić information content (AvgIpc) is 4.02. The van der Waals surface area contributed by atoms with Crippen LogP contribution in [0.15, 0.2) is 60.1 Å². The van der Waals surface area contributed by atoms with E-state index in [0.717, 1.165) is 44.5 Å². The molecule has 0 aliphatic heterocycles. The first kappa shape index (κ1) is 63.0. The van der Waals surface area contributed by atoms with E-state index in [1.807, 2.05) is 93.8 Å². The molecule has 0 aliphatic carbocycles. The molecule has 392 valence electrons. The van der Waals surface area contributed by atoms with E-state index < -0.39 is 5.76 Å². The Morgan fingerprint density at radius 1 is 0.471 bits per heavy atom. The van der Waals surface area contributed by atoms with E-state index in [9.17, 15) is 28.8 Å². The van der Waals surface area contributed by atoms with E-state index >= 15 is 0 Å². The number of aromatic amines is 6. The maximum Gasteiger partial charge on any atom is 0.438 e. The summed E-state index contributed by atoms with van der Waals surface area (Å²) >= 11 is 6.21. The quantitative estimate of drug-likeness (QED) is 0.0745. The molecule has 0 radical (unpaired) electrons. The van der Waals surface area contributed by atoms with Crippen LogP contribution in [0.25, 0.3) is 0 Å². The van der Waals surface area contributed by atoms with Gasteiger partial charge in [-0.3, -0.25) is 38.2 Å². The number of hydrogen-bond acceptors (Lipinski definition) is 18. The van der Waals surface area contributed by atoms with Crippen LogP contribution in [0.2, 0.25) is 0 Å². The van der Waals surface area contributed by atoms with Crippen molar-refractivity contribution in [2.75, 3.05) is 0 Å². The van der Waals surface area contributed by atoms with Gasteiger partial charge in [0.25, 0.3) is 0 Å². The van der Waals surface area contributed by atoms with Gasteiger partial charge in [0.1, 0.15) is 22.1 Å². The summed E-state index contributed by atoms with van der Waals surface area (Å²) in [5.41, 5.74) is 2.59. The molecule has 24 heteroatoms. The highest BCUT2D eigenvalue weighted by Crippen LogP contribution is 2.27. The topological polar surface area (TPSA) is 295 Å². The Bertz CT molecular complexity index is 2490. The van der Waals surface area contributed by atoms with Crippen LogP contribution in [0.4, 0.5) is 0 Å². The Labute approximate surface area is 428 Å². The molecule has 7 N–H and O–H groups in total. The van der Waals surface area contributed by atoms with Gasteiger partial charge in [0.15, 0.2) is 5.82 Å². The molecular weight excluding hydrogens is 997 g/mol. The first-order valence-corrected chi connectivity index (χ1v) is 26.1. The number of aromatic hydroxyl groups is 1. The Morgan fingerprint density at radius 3 is 1.11 bits per heavy atom. The molecule has 0 saturated heterocycles. The minimum absolute atomic E-state index is 0.0101. The molecule has 19 nitrogen and oxygen atoms in total. The van der Waals surface area contributed by atoms with Crippen molar-refractivity contribution >= 4 is 57.1 Å². The molecule has 0 aliphatic rings. The van der Waals surface area contributed by atoms with E-state index in [0.29, 0.717) is 5.82 Å². The van der Waals surface area contributed by atoms with E-state index in [1.165, 1.54) is 51.8 Å². The molecule has 0 aromatic carbocycles. The highest BCUT2D eigenvalue weighted by atomic mass is 32.1. The molecule has 0 unspecified atom stereocenters. The third-order valence-corrected chi connectivity index (χ3v) is 12.8. The summed E-state index contributed by atoms with van der Waals surface area (Å²) in [5.74, 6) is 0.602. The van der Waals surface area contributed by atoms with E-state index in [1.54, 1.807) is 5.38 Å². The molecule has 0 amide bonds. The van der Waals surface area contributed by atoms with Crippen LogP contribution in [0.3, 0.4) is 0 Å². The fourth-order valence-corrected chi connectivity index (χ4v) is 7.89. The van der Waals surface area contributed by atoms with Crippen LogP contribution in [0.1, 0.15) is 184 Å². The van der Waals surface area contributed by atoms with Gasteiger partial charge in [0, 0.05) is 71.6 Å². The summed E-state index contributed by atoms with van der Waals surface area (Å²) in [6, 6.07) is 0. The van der Waals surface area contributed by atoms with Crippen molar-refractivity contribution < 1.29 is 14.0 Å². The Hall–Kier alpha value is -5.04. The largest absolute Gasteiger partial charge is 0.493 e. The van der Waals surface area contributed by atoms with Crippen LogP contribution in [-0.4, -0.2) is 53.9 Å². The monoisotopic (exact) mass is 1070 g/mol. The van der Waals surface area contributed by atoms with Crippen LogP contribution in [0, 0.1) is 0 Å². The minimum Gasteiger partial charge on any atom is -0.493 e. The third kappa shape index (κ3) is 24.2. The van der Waals surface area contributed by atoms with Crippen LogP contribution in [-0.2, 0) is 37.9 Å². The third-order valence-electron chi connectivity index (χ3n) is 8.50. The summed E-state index contributed by atoms with van der Waals surface area (Å²) in [6.07, 6.45) is 1.46. The predicted octanol–water partition coefficient (Wildman–Crippen LogP) is 9.80. The molecule has 0 atom stereocenters.